The first kappa shape index (κ1) is 14.6. The molecule has 1 rings (SSSR count). The summed E-state index contributed by atoms with van der Waals surface area (Å²) in [6, 6.07) is 0. The minimum atomic E-state index is -4.09. The number of methoxy groups -OCH3 is 1. The van der Waals surface area contributed by atoms with Gasteiger partial charge in [-0.2, -0.15) is 4.31 Å². The van der Waals surface area contributed by atoms with E-state index in [0.29, 0.717) is 4.31 Å². The molecule has 0 atom stereocenters. The molecule has 1 fully saturated rings. The summed E-state index contributed by atoms with van der Waals surface area (Å²) in [5.41, 5.74) is -1.43. The number of hydrogen-bond acceptors (Lipinski definition) is 6. The summed E-state index contributed by atoms with van der Waals surface area (Å²) < 4.78 is 28.9. The molecular formula is C9H14N2O6S. The molecule has 8 nitrogen and oxygen atoms in total. The number of nitrogens with zero attached hydrogens (tertiary/aromatic N) is 1. The maximum absolute atomic E-state index is 12.0. The van der Waals surface area contributed by atoms with Gasteiger partial charge in [-0.25, -0.2) is 8.42 Å². The third-order valence-electron chi connectivity index (χ3n) is 2.58. The van der Waals surface area contributed by atoms with Crippen LogP contribution in [0.25, 0.3) is 0 Å². The van der Waals surface area contributed by atoms with E-state index in [2.05, 4.69) is 4.74 Å². The minimum Gasteiger partial charge on any atom is -0.468 e. The predicted molar refractivity (Wildman–Crippen MR) is 59.7 cm³/mol. The zero-order valence-corrected chi connectivity index (χ0v) is 11.0. The summed E-state index contributed by atoms with van der Waals surface area (Å²) in [5, 5.41) is 2.04. The first-order valence-electron chi connectivity index (χ1n) is 5.03. The number of hydrogen-bond donors (Lipinski definition) is 1. The lowest BCUT2D eigenvalue weighted by Gasteiger charge is -2.38. The largest absolute Gasteiger partial charge is 0.468 e. The number of sulfonamides is 1. The second kappa shape index (κ2) is 4.65. The molecule has 0 aromatic carbocycles. The molecule has 0 aromatic heterocycles. The van der Waals surface area contributed by atoms with Crippen LogP contribution in [0.4, 0.5) is 0 Å². The summed E-state index contributed by atoms with van der Waals surface area (Å²) in [5.74, 6) is -3.32. The van der Waals surface area contributed by atoms with Gasteiger partial charge in [0.15, 0.2) is 5.75 Å². The third-order valence-corrected chi connectivity index (χ3v) is 4.44. The van der Waals surface area contributed by atoms with Gasteiger partial charge in [0.2, 0.25) is 21.8 Å². The van der Waals surface area contributed by atoms with E-state index in [0.717, 1.165) is 7.11 Å². The Kier molecular flexibility index (Phi) is 3.77. The van der Waals surface area contributed by atoms with Gasteiger partial charge in [0, 0.05) is 0 Å². The Morgan fingerprint density at radius 1 is 1.44 bits per heavy atom. The molecule has 0 unspecified atom stereocenters. The summed E-state index contributed by atoms with van der Waals surface area (Å²) in [6.07, 6.45) is 0. The van der Waals surface area contributed by atoms with E-state index >= 15 is 0 Å². The molecule has 1 heterocycles. The lowest BCUT2D eigenvalue weighted by molar-refractivity contribution is -0.142. The molecule has 1 saturated heterocycles. The van der Waals surface area contributed by atoms with Gasteiger partial charge in [0.25, 0.3) is 0 Å². The molecule has 1 N–H and O–H groups in total. The molecule has 0 aromatic rings. The molecule has 2 amide bonds. The second-order valence-corrected chi connectivity index (χ2v) is 6.17. The minimum absolute atomic E-state index is 0.502. The SMILES string of the molecule is COC(=O)CS(=O)(=O)N1CC(=O)NC(=O)C1(C)C. The Morgan fingerprint density at radius 3 is 2.50 bits per heavy atom. The monoisotopic (exact) mass is 278 g/mol. The van der Waals surface area contributed by atoms with Crippen LogP contribution >= 0.6 is 0 Å². The van der Waals surface area contributed by atoms with Crippen molar-refractivity contribution < 1.29 is 27.5 Å². The van der Waals surface area contributed by atoms with E-state index in [-0.39, 0.29) is 0 Å². The number of piperazine rings is 1. The standard InChI is InChI=1S/C9H14N2O6S/c1-9(2)8(14)10-6(12)4-11(9)18(15,16)5-7(13)17-3/h4-5H2,1-3H3,(H,10,12,14). The number of nitrogens with one attached hydrogen (secondary N) is 1. The maximum Gasteiger partial charge on any atom is 0.322 e. The molecule has 0 spiro atoms. The normalized spacial score (nSPS) is 20.4. The molecule has 1 aliphatic rings. The Morgan fingerprint density at radius 2 is 2.00 bits per heavy atom. The highest BCUT2D eigenvalue weighted by atomic mass is 32.2. The highest BCUT2D eigenvalue weighted by Gasteiger charge is 2.47. The van der Waals surface area contributed by atoms with Crippen LogP contribution in [0.15, 0.2) is 0 Å². The topological polar surface area (TPSA) is 110 Å². The second-order valence-electron chi connectivity index (χ2n) is 4.28. The van der Waals surface area contributed by atoms with Crippen molar-refractivity contribution in [3.63, 3.8) is 0 Å². The van der Waals surface area contributed by atoms with Gasteiger partial charge < -0.3 is 4.74 Å². The van der Waals surface area contributed by atoms with Crippen molar-refractivity contribution in [2.45, 2.75) is 19.4 Å². The van der Waals surface area contributed by atoms with Gasteiger partial charge in [-0.05, 0) is 13.8 Å². The highest BCUT2D eigenvalue weighted by Crippen LogP contribution is 2.22. The van der Waals surface area contributed by atoms with Crippen molar-refractivity contribution in [2.75, 3.05) is 19.4 Å². The number of imide groups is 1. The van der Waals surface area contributed by atoms with Crippen molar-refractivity contribution >= 4 is 27.8 Å². The fourth-order valence-electron chi connectivity index (χ4n) is 1.49. The van der Waals surface area contributed by atoms with Gasteiger partial charge in [0.1, 0.15) is 5.54 Å². The van der Waals surface area contributed by atoms with Crippen LogP contribution in [0, 0.1) is 0 Å². The van der Waals surface area contributed by atoms with Gasteiger partial charge in [-0.1, -0.05) is 0 Å². The van der Waals surface area contributed by atoms with Crippen molar-refractivity contribution in [3.8, 4) is 0 Å². The van der Waals surface area contributed by atoms with Crippen LogP contribution in [-0.4, -0.2) is 55.5 Å². The fraction of sp³-hybridized carbons (Fsp3) is 0.667. The molecule has 0 radical (unpaired) electrons. The van der Waals surface area contributed by atoms with Crippen LogP contribution in [0.3, 0.4) is 0 Å². The lowest BCUT2D eigenvalue weighted by atomic mass is 10.0. The van der Waals surface area contributed by atoms with Crippen molar-refractivity contribution in [1.82, 2.24) is 9.62 Å². The van der Waals surface area contributed by atoms with Crippen molar-refractivity contribution in [3.05, 3.63) is 0 Å². The molecular weight excluding hydrogens is 264 g/mol. The summed E-state index contributed by atoms with van der Waals surface area (Å²) in [6.45, 7) is 2.20. The number of carbonyl (C=O) groups excluding carboxylic acids is 3. The summed E-state index contributed by atoms with van der Waals surface area (Å²) in [4.78, 5) is 33.8. The van der Waals surface area contributed by atoms with E-state index in [4.69, 9.17) is 0 Å². The number of rotatable bonds is 3. The van der Waals surface area contributed by atoms with Crippen LogP contribution in [0.1, 0.15) is 13.8 Å². The maximum atomic E-state index is 12.0. The van der Waals surface area contributed by atoms with E-state index in [1.165, 1.54) is 13.8 Å². The number of ether oxygens (including phenoxy) is 1. The lowest BCUT2D eigenvalue weighted by Crippen LogP contribution is -2.65. The average Bonchev–Trinajstić information content (AvgIpc) is 2.22. The van der Waals surface area contributed by atoms with Crippen LogP contribution in [0.5, 0.6) is 0 Å². The third kappa shape index (κ3) is 2.67. The van der Waals surface area contributed by atoms with Gasteiger partial charge in [-0.15, -0.1) is 0 Å². The molecule has 102 valence electrons. The first-order valence-corrected chi connectivity index (χ1v) is 6.64. The van der Waals surface area contributed by atoms with E-state index in [1.54, 1.807) is 0 Å². The van der Waals surface area contributed by atoms with E-state index in [1.807, 2.05) is 5.32 Å². The number of esters is 1. The number of amides is 2. The van der Waals surface area contributed by atoms with Crippen LogP contribution in [0.2, 0.25) is 0 Å². The summed E-state index contributed by atoms with van der Waals surface area (Å²) >= 11 is 0. The Hall–Kier alpha value is -1.48. The van der Waals surface area contributed by atoms with E-state index in [9.17, 15) is 22.8 Å². The van der Waals surface area contributed by atoms with Gasteiger partial charge in [0.05, 0.1) is 13.7 Å². The van der Waals surface area contributed by atoms with Crippen molar-refractivity contribution in [2.24, 2.45) is 0 Å². The highest BCUT2D eigenvalue weighted by molar-refractivity contribution is 7.89. The van der Waals surface area contributed by atoms with Crippen molar-refractivity contribution in [1.29, 1.82) is 0 Å². The summed E-state index contributed by atoms with van der Waals surface area (Å²) in [7, 11) is -3.04. The zero-order valence-electron chi connectivity index (χ0n) is 10.2. The van der Waals surface area contributed by atoms with E-state index < -0.39 is 45.6 Å². The van der Waals surface area contributed by atoms with Gasteiger partial charge in [-0.3, -0.25) is 19.7 Å². The Labute approximate surface area is 104 Å². The molecule has 1 aliphatic heterocycles. The molecule has 0 bridgehead atoms. The Bertz CT molecular complexity index is 495. The zero-order chi connectivity index (χ0) is 14.1. The predicted octanol–water partition coefficient (Wildman–Crippen LogP) is -1.77. The molecule has 9 heteroatoms. The number of carbonyl (C=O) groups is 3. The van der Waals surface area contributed by atoms with Gasteiger partial charge >= 0.3 is 5.97 Å². The van der Waals surface area contributed by atoms with Crippen LogP contribution < -0.4 is 5.32 Å². The molecule has 18 heavy (non-hydrogen) atoms. The fourth-order valence-corrected chi connectivity index (χ4v) is 3.16. The first-order chi connectivity index (χ1) is 8.11. The smallest absolute Gasteiger partial charge is 0.322 e. The average molecular weight is 278 g/mol. The molecule has 0 saturated carbocycles. The Balaban J connectivity index is 3.09. The van der Waals surface area contributed by atoms with Crippen LogP contribution in [-0.2, 0) is 29.1 Å². The molecule has 0 aliphatic carbocycles. The quantitative estimate of drug-likeness (QED) is 0.483.